The van der Waals surface area contributed by atoms with Crippen LogP contribution in [0.25, 0.3) is 5.69 Å². The van der Waals surface area contributed by atoms with Crippen molar-refractivity contribution in [1.82, 2.24) is 9.13 Å². The summed E-state index contributed by atoms with van der Waals surface area (Å²) in [4.78, 5) is 24.0. The van der Waals surface area contributed by atoms with Crippen LogP contribution in [0.4, 0.5) is 17.6 Å². The van der Waals surface area contributed by atoms with Gasteiger partial charge in [-0.15, -0.1) is 0 Å². The summed E-state index contributed by atoms with van der Waals surface area (Å²) >= 11 is 5.70. The quantitative estimate of drug-likeness (QED) is 0.383. The highest BCUT2D eigenvalue weighted by molar-refractivity contribution is 6.33. The molecule has 128 valence electrons. The summed E-state index contributed by atoms with van der Waals surface area (Å²) in [5, 5.41) is 11.0. The number of oxime groups is 1. The number of hydrogen-bond acceptors (Lipinski definition) is 4. The Hall–Kier alpha value is -2.62. The number of halogens is 5. The van der Waals surface area contributed by atoms with E-state index in [1.54, 1.807) is 0 Å². The van der Waals surface area contributed by atoms with Crippen LogP contribution in [0.1, 0.15) is 11.3 Å². The topological polar surface area (TPSA) is 76.6 Å². The normalized spacial score (nSPS) is 12.1. The van der Waals surface area contributed by atoms with Gasteiger partial charge in [-0.1, -0.05) is 16.8 Å². The van der Waals surface area contributed by atoms with Gasteiger partial charge >= 0.3 is 11.9 Å². The molecule has 2 aromatic rings. The predicted octanol–water partition coefficient (Wildman–Crippen LogP) is 2.16. The average molecular weight is 366 g/mol. The number of rotatable bonds is 2. The molecule has 0 saturated carbocycles. The fourth-order valence-corrected chi connectivity index (χ4v) is 2.20. The van der Waals surface area contributed by atoms with Gasteiger partial charge in [0.1, 0.15) is 11.5 Å². The van der Waals surface area contributed by atoms with Crippen molar-refractivity contribution in [3.8, 4) is 5.69 Å². The first-order valence-corrected chi connectivity index (χ1v) is 6.53. The van der Waals surface area contributed by atoms with Crippen molar-refractivity contribution in [1.29, 1.82) is 0 Å². The minimum Gasteiger partial charge on any atom is -0.411 e. The van der Waals surface area contributed by atoms with Crippen molar-refractivity contribution in [2.45, 2.75) is 6.18 Å². The SMILES string of the molecule is Cn1c(C(F)(F)F)cc(=O)n(-c2cc(C=NO)c(Cl)cc2F)c1=O. The summed E-state index contributed by atoms with van der Waals surface area (Å²) in [5.74, 6) is -1.12. The summed E-state index contributed by atoms with van der Waals surface area (Å²) in [6.45, 7) is 0. The smallest absolute Gasteiger partial charge is 0.411 e. The molecule has 0 radical (unpaired) electrons. The van der Waals surface area contributed by atoms with Gasteiger partial charge in [-0.05, 0) is 12.1 Å². The third-order valence-electron chi connectivity index (χ3n) is 3.11. The molecule has 1 heterocycles. The first kappa shape index (κ1) is 17.7. The van der Waals surface area contributed by atoms with Gasteiger partial charge in [0.25, 0.3) is 5.56 Å². The molecule has 0 saturated heterocycles. The maximum Gasteiger partial charge on any atom is 0.431 e. The second-order valence-electron chi connectivity index (χ2n) is 4.61. The Balaban J connectivity index is 2.85. The Morgan fingerprint density at radius 3 is 2.42 bits per heavy atom. The van der Waals surface area contributed by atoms with Gasteiger partial charge in [-0.2, -0.15) is 13.2 Å². The maximum absolute atomic E-state index is 14.1. The zero-order valence-corrected chi connectivity index (χ0v) is 12.6. The van der Waals surface area contributed by atoms with E-state index in [1.165, 1.54) is 0 Å². The lowest BCUT2D eigenvalue weighted by molar-refractivity contribution is -0.144. The summed E-state index contributed by atoms with van der Waals surface area (Å²) in [6.07, 6.45) is -4.12. The van der Waals surface area contributed by atoms with Crippen molar-refractivity contribution < 1.29 is 22.8 Å². The molecule has 0 aliphatic carbocycles. The van der Waals surface area contributed by atoms with Crippen molar-refractivity contribution >= 4 is 17.8 Å². The minimum absolute atomic E-state index is 0.0515. The Labute approximate surface area is 135 Å². The summed E-state index contributed by atoms with van der Waals surface area (Å²) in [5.41, 5.74) is -4.93. The molecule has 1 aromatic heterocycles. The third kappa shape index (κ3) is 3.04. The van der Waals surface area contributed by atoms with Gasteiger partial charge in [-0.3, -0.25) is 9.36 Å². The van der Waals surface area contributed by atoms with E-state index >= 15 is 0 Å². The van der Waals surface area contributed by atoms with Crippen LogP contribution in [0.3, 0.4) is 0 Å². The second kappa shape index (κ2) is 6.11. The van der Waals surface area contributed by atoms with Crippen LogP contribution in [0.5, 0.6) is 0 Å². The third-order valence-corrected chi connectivity index (χ3v) is 3.44. The first-order valence-electron chi connectivity index (χ1n) is 6.15. The monoisotopic (exact) mass is 365 g/mol. The largest absolute Gasteiger partial charge is 0.431 e. The van der Waals surface area contributed by atoms with Crippen LogP contribution in [0.2, 0.25) is 5.02 Å². The molecule has 0 bridgehead atoms. The number of nitrogens with zero attached hydrogens (tertiary/aromatic N) is 3. The summed E-state index contributed by atoms with van der Waals surface area (Å²) < 4.78 is 52.8. The lowest BCUT2D eigenvalue weighted by Gasteiger charge is -2.14. The lowest BCUT2D eigenvalue weighted by Crippen LogP contribution is -2.41. The first-order chi connectivity index (χ1) is 11.1. The molecule has 24 heavy (non-hydrogen) atoms. The van der Waals surface area contributed by atoms with Gasteiger partial charge < -0.3 is 5.21 Å². The van der Waals surface area contributed by atoms with Crippen LogP contribution in [-0.2, 0) is 13.2 Å². The van der Waals surface area contributed by atoms with Crippen molar-refractivity contribution in [2.24, 2.45) is 12.2 Å². The fraction of sp³-hybridized carbons (Fsp3) is 0.154. The van der Waals surface area contributed by atoms with Crippen LogP contribution in [0, 0.1) is 5.82 Å². The molecule has 0 unspecified atom stereocenters. The molecule has 0 spiro atoms. The molecular formula is C13H8ClF4N3O3. The molecule has 1 aromatic carbocycles. The molecule has 2 rings (SSSR count). The van der Waals surface area contributed by atoms with Crippen molar-refractivity contribution in [3.63, 3.8) is 0 Å². The van der Waals surface area contributed by atoms with E-state index in [2.05, 4.69) is 5.16 Å². The number of hydrogen-bond donors (Lipinski definition) is 1. The Morgan fingerprint density at radius 1 is 1.25 bits per heavy atom. The minimum atomic E-state index is -4.93. The van der Waals surface area contributed by atoms with Crippen LogP contribution < -0.4 is 11.2 Å². The number of benzene rings is 1. The van der Waals surface area contributed by atoms with Gasteiger partial charge in [0.15, 0.2) is 0 Å². The van der Waals surface area contributed by atoms with E-state index < -0.39 is 34.6 Å². The highest BCUT2D eigenvalue weighted by Crippen LogP contribution is 2.27. The molecule has 0 atom stereocenters. The number of aromatic nitrogens is 2. The molecule has 0 aliphatic rings. The maximum atomic E-state index is 14.1. The van der Waals surface area contributed by atoms with Crippen LogP contribution >= 0.6 is 11.6 Å². The highest BCUT2D eigenvalue weighted by Gasteiger charge is 2.35. The molecule has 0 amide bonds. The van der Waals surface area contributed by atoms with Gasteiger partial charge in [0.05, 0.1) is 16.9 Å². The van der Waals surface area contributed by atoms with Gasteiger partial charge in [0.2, 0.25) is 0 Å². The molecule has 6 nitrogen and oxygen atoms in total. The van der Waals surface area contributed by atoms with E-state index in [-0.39, 0.29) is 25.8 Å². The zero-order valence-electron chi connectivity index (χ0n) is 11.8. The molecule has 0 aliphatic heterocycles. The standard InChI is InChI=1S/C13H8ClF4N3O3/c1-20-10(13(16,17)18)4-11(22)21(12(20)23)9-2-6(5-19-24)7(14)3-8(9)15/h2-5,24H,1H3. The van der Waals surface area contributed by atoms with Gasteiger partial charge in [0, 0.05) is 18.7 Å². The van der Waals surface area contributed by atoms with Crippen LogP contribution in [0.15, 0.2) is 32.9 Å². The van der Waals surface area contributed by atoms with E-state index in [0.29, 0.717) is 0 Å². The zero-order chi connectivity index (χ0) is 18.2. The van der Waals surface area contributed by atoms with E-state index in [1.807, 2.05) is 0 Å². The fourth-order valence-electron chi connectivity index (χ4n) is 2.01. The molecular weight excluding hydrogens is 358 g/mol. The predicted molar refractivity (Wildman–Crippen MR) is 76.6 cm³/mol. The molecule has 0 fully saturated rings. The highest BCUT2D eigenvalue weighted by atomic mass is 35.5. The Morgan fingerprint density at radius 2 is 1.88 bits per heavy atom. The Kier molecular flexibility index (Phi) is 4.52. The van der Waals surface area contributed by atoms with E-state index in [9.17, 15) is 27.2 Å². The van der Waals surface area contributed by atoms with E-state index in [0.717, 1.165) is 25.4 Å². The molecule has 11 heteroatoms. The van der Waals surface area contributed by atoms with Crippen LogP contribution in [-0.4, -0.2) is 20.6 Å². The summed E-state index contributed by atoms with van der Waals surface area (Å²) in [7, 11) is 0.797. The number of alkyl halides is 3. The second-order valence-corrected chi connectivity index (χ2v) is 5.02. The van der Waals surface area contributed by atoms with E-state index in [4.69, 9.17) is 16.8 Å². The average Bonchev–Trinajstić information content (AvgIpc) is 2.46. The lowest BCUT2D eigenvalue weighted by atomic mass is 10.2. The summed E-state index contributed by atoms with van der Waals surface area (Å²) in [6, 6.07) is 1.81. The van der Waals surface area contributed by atoms with Gasteiger partial charge in [-0.25, -0.2) is 13.8 Å². The molecule has 1 N–H and O–H groups in total. The van der Waals surface area contributed by atoms with Crippen molar-refractivity contribution in [2.75, 3.05) is 0 Å². The van der Waals surface area contributed by atoms with Crippen molar-refractivity contribution in [3.05, 3.63) is 61.1 Å². The Bertz CT molecular complexity index is 947.